The van der Waals surface area contributed by atoms with Crippen molar-refractivity contribution in [1.29, 1.82) is 0 Å². The zero-order valence-electron chi connectivity index (χ0n) is 14.9. The molecule has 0 saturated carbocycles. The van der Waals surface area contributed by atoms with E-state index < -0.39 is 0 Å². The number of oxazole rings is 1. The summed E-state index contributed by atoms with van der Waals surface area (Å²) in [4.78, 5) is 4.25. The number of para-hydroxylation sites is 1. The summed E-state index contributed by atoms with van der Waals surface area (Å²) in [6.07, 6.45) is 1.61. The number of nitrogens with two attached hydrogens (primary N) is 1. The van der Waals surface area contributed by atoms with Crippen LogP contribution >= 0.6 is 11.8 Å². The van der Waals surface area contributed by atoms with Gasteiger partial charge in [0, 0.05) is 5.56 Å². The van der Waals surface area contributed by atoms with E-state index in [1.165, 1.54) is 28.6 Å². The summed E-state index contributed by atoms with van der Waals surface area (Å²) in [5, 5.41) is 8.83. The Bertz CT molecular complexity index is 1090. The van der Waals surface area contributed by atoms with Gasteiger partial charge in [-0.05, 0) is 36.4 Å². The van der Waals surface area contributed by atoms with Crippen molar-refractivity contribution in [2.45, 2.75) is 10.9 Å². The summed E-state index contributed by atoms with van der Waals surface area (Å²) in [5.41, 5.74) is 1.51. The van der Waals surface area contributed by atoms with Crippen LogP contribution in [0.2, 0.25) is 0 Å². The van der Waals surface area contributed by atoms with Crippen molar-refractivity contribution < 1.29 is 13.5 Å². The Labute approximate surface area is 164 Å². The van der Waals surface area contributed by atoms with Gasteiger partial charge in [0.25, 0.3) is 0 Å². The summed E-state index contributed by atoms with van der Waals surface area (Å²) in [7, 11) is 1.59. The summed E-state index contributed by atoms with van der Waals surface area (Å²) >= 11 is 1.35. The number of benzene rings is 2. The molecule has 9 heteroatoms. The van der Waals surface area contributed by atoms with E-state index in [1.54, 1.807) is 25.4 Å². The van der Waals surface area contributed by atoms with Gasteiger partial charge in [0.2, 0.25) is 11.0 Å². The third-order valence-corrected chi connectivity index (χ3v) is 4.95. The zero-order chi connectivity index (χ0) is 19.5. The Morgan fingerprint density at radius 2 is 1.93 bits per heavy atom. The van der Waals surface area contributed by atoms with E-state index in [0.29, 0.717) is 34.1 Å². The molecule has 4 aromatic rings. The molecule has 0 bridgehead atoms. The number of ether oxygens (including phenoxy) is 1. The summed E-state index contributed by atoms with van der Waals surface area (Å²) in [5.74, 6) is 8.52. The van der Waals surface area contributed by atoms with Crippen LogP contribution in [0.25, 0.3) is 22.7 Å². The van der Waals surface area contributed by atoms with Gasteiger partial charge in [-0.25, -0.2) is 14.1 Å². The Morgan fingerprint density at radius 1 is 1.14 bits per heavy atom. The number of hydrogen-bond acceptors (Lipinski definition) is 7. The molecule has 0 unspecified atom stereocenters. The molecule has 0 saturated heterocycles. The quantitative estimate of drug-likeness (QED) is 0.391. The second-order valence-electron chi connectivity index (χ2n) is 5.79. The normalized spacial score (nSPS) is 10.9. The third kappa shape index (κ3) is 3.56. The predicted octanol–water partition coefficient (Wildman–Crippen LogP) is 3.75. The minimum absolute atomic E-state index is 0.299. The molecule has 142 valence electrons. The molecular weight excluding hydrogens is 381 g/mol. The fourth-order valence-electron chi connectivity index (χ4n) is 2.64. The van der Waals surface area contributed by atoms with E-state index in [1.807, 2.05) is 24.3 Å². The van der Waals surface area contributed by atoms with E-state index >= 15 is 0 Å². The van der Waals surface area contributed by atoms with Crippen LogP contribution in [-0.4, -0.2) is 27.0 Å². The van der Waals surface area contributed by atoms with E-state index in [4.69, 9.17) is 15.0 Å². The van der Waals surface area contributed by atoms with Crippen LogP contribution in [-0.2, 0) is 5.75 Å². The molecule has 0 radical (unpaired) electrons. The fraction of sp³-hybridized carbons (Fsp3) is 0.105. The minimum atomic E-state index is -0.299. The van der Waals surface area contributed by atoms with E-state index in [-0.39, 0.29) is 5.82 Å². The lowest BCUT2D eigenvalue weighted by molar-refractivity contribution is 0.416. The lowest BCUT2D eigenvalue weighted by Gasteiger charge is -2.07. The van der Waals surface area contributed by atoms with Gasteiger partial charge < -0.3 is 15.0 Å². The fourth-order valence-corrected chi connectivity index (χ4v) is 3.35. The van der Waals surface area contributed by atoms with Crippen molar-refractivity contribution in [1.82, 2.24) is 19.9 Å². The monoisotopic (exact) mass is 397 g/mol. The number of nitrogens with zero attached hydrogens (tertiary/aromatic N) is 4. The number of rotatable bonds is 6. The molecule has 0 amide bonds. The first-order chi connectivity index (χ1) is 13.7. The molecule has 0 atom stereocenters. The van der Waals surface area contributed by atoms with Crippen LogP contribution in [0.4, 0.5) is 4.39 Å². The molecule has 0 aliphatic carbocycles. The number of hydrogen-bond donors (Lipinski definition) is 1. The first kappa shape index (κ1) is 18.1. The molecule has 2 N–H and O–H groups in total. The third-order valence-electron chi connectivity index (χ3n) is 4.02. The molecule has 7 nitrogen and oxygen atoms in total. The smallest absolute Gasteiger partial charge is 0.210 e. The first-order valence-electron chi connectivity index (χ1n) is 8.33. The average molecular weight is 397 g/mol. The van der Waals surface area contributed by atoms with E-state index in [2.05, 4.69) is 15.2 Å². The largest absolute Gasteiger partial charge is 0.496 e. The predicted molar refractivity (Wildman–Crippen MR) is 104 cm³/mol. The second kappa shape index (κ2) is 7.73. The molecule has 0 aliphatic heterocycles. The zero-order valence-corrected chi connectivity index (χ0v) is 15.7. The highest BCUT2D eigenvalue weighted by Crippen LogP contribution is 2.30. The number of halogens is 1. The van der Waals surface area contributed by atoms with Crippen molar-refractivity contribution in [3.8, 4) is 28.5 Å². The Morgan fingerprint density at radius 3 is 2.71 bits per heavy atom. The topological polar surface area (TPSA) is 92.0 Å². The van der Waals surface area contributed by atoms with E-state index in [9.17, 15) is 4.39 Å². The SMILES string of the molecule is COc1ccccc1-c1nnc(SCc2ncc(-c3ccc(F)cc3)o2)n1N. The second-order valence-corrected chi connectivity index (χ2v) is 6.73. The lowest BCUT2D eigenvalue weighted by Crippen LogP contribution is -2.12. The van der Waals surface area contributed by atoms with Gasteiger partial charge in [0.05, 0.1) is 24.6 Å². The van der Waals surface area contributed by atoms with E-state index in [0.717, 1.165) is 11.1 Å². The summed E-state index contributed by atoms with van der Waals surface area (Å²) < 4.78 is 25.5. The molecule has 0 fully saturated rings. The van der Waals surface area contributed by atoms with Crippen LogP contribution in [0.15, 0.2) is 64.3 Å². The van der Waals surface area contributed by atoms with Crippen LogP contribution in [0, 0.1) is 5.82 Å². The van der Waals surface area contributed by atoms with Gasteiger partial charge in [-0.2, -0.15) is 0 Å². The molecule has 2 aromatic carbocycles. The minimum Gasteiger partial charge on any atom is -0.496 e. The van der Waals surface area contributed by atoms with Crippen molar-refractivity contribution in [3.63, 3.8) is 0 Å². The average Bonchev–Trinajstić information content (AvgIpc) is 3.34. The molecule has 0 spiro atoms. The molecule has 2 aromatic heterocycles. The maximum absolute atomic E-state index is 13.0. The van der Waals surface area contributed by atoms with Crippen molar-refractivity contribution in [3.05, 3.63) is 66.4 Å². The van der Waals surface area contributed by atoms with Crippen LogP contribution in [0.1, 0.15) is 5.89 Å². The van der Waals surface area contributed by atoms with Crippen LogP contribution in [0.5, 0.6) is 5.75 Å². The standard InChI is InChI=1S/C19H16FN5O2S/c1-26-15-5-3-2-4-14(15)18-23-24-19(25(18)21)28-11-17-22-10-16(27-17)12-6-8-13(20)9-7-12/h2-10H,11,21H2,1H3. The highest BCUT2D eigenvalue weighted by Gasteiger charge is 2.16. The number of aromatic nitrogens is 4. The maximum Gasteiger partial charge on any atom is 0.210 e. The number of nitrogen functional groups attached to an aromatic ring is 1. The van der Waals surface area contributed by atoms with Gasteiger partial charge in [-0.15, -0.1) is 10.2 Å². The maximum atomic E-state index is 13.0. The van der Waals surface area contributed by atoms with Gasteiger partial charge >= 0.3 is 0 Å². The number of methoxy groups -OCH3 is 1. The van der Waals surface area contributed by atoms with Crippen LogP contribution in [0.3, 0.4) is 0 Å². The van der Waals surface area contributed by atoms with Crippen molar-refractivity contribution in [2.75, 3.05) is 13.0 Å². The molecule has 2 heterocycles. The molecule has 4 rings (SSSR count). The number of thioether (sulfide) groups is 1. The van der Waals surface area contributed by atoms with Crippen LogP contribution < -0.4 is 10.6 Å². The summed E-state index contributed by atoms with van der Waals surface area (Å²) in [6.45, 7) is 0. The molecule has 0 aliphatic rings. The Kier molecular flexibility index (Phi) is 4.98. The molecule has 28 heavy (non-hydrogen) atoms. The van der Waals surface area contributed by atoms with Gasteiger partial charge in [0.1, 0.15) is 11.6 Å². The highest BCUT2D eigenvalue weighted by molar-refractivity contribution is 7.98. The van der Waals surface area contributed by atoms with Gasteiger partial charge in [-0.3, -0.25) is 0 Å². The Balaban J connectivity index is 1.49. The van der Waals surface area contributed by atoms with Crippen molar-refractivity contribution >= 4 is 11.8 Å². The van der Waals surface area contributed by atoms with Crippen molar-refractivity contribution in [2.24, 2.45) is 0 Å². The first-order valence-corrected chi connectivity index (χ1v) is 9.31. The summed E-state index contributed by atoms with van der Waals surface area (Å²) in [6, 6.07) is 13.5. The lowest BCUT2D eigenvalue weighted by atomic mass is 10.2. The molecular formula is C19H16FN5O2S. The highest BCUT2D eigenvalue weighted by atomic mass is 32.2. The Hall–Kier alpha value is -3.33. The van der Waals surface area contributed by atoms with Gasteiger partial charge in [0.15, 0.2) is 11.6 Å². The van der Waals surface area contributed by atoms with Gasteiger partial charge in [-0.1, -0.05) is 23.9 Å².